The molecule has 0 spiro atoms. The van der Waals surface area contributed by atoms with E-state index < -0.39 is 0 Å². The summed E-state index contributed by atoms with van der Waals surface area (Å²) < 4.78 is 1.41. The van der Waals surface area contributed by atoms with Gasteiger partial charge in [0, 0.05) is 12.4 Å². The first-order chi connectivity index (χ1) is 7.66. The summed E-state index contributed by atoms with van der Waals surface area (Å²) in [5, 5.41) is 0.514. The first-order valence-corrected chi connectivity index (χ1v) is 5.23. The molecule has 2 aromatic heterocycles. The van der Waals surface area contributed by atoms with Crippen molar-refractivity contribution in [3.8, 4) is 0 Å². The molecule has 4 nitrogen and oxygen atoms in total. The quantitative estimate of drug-likeness (QED) is 0.825. The highest BCUT2D eigenvalue weighted by Gasteiger charge is 2.04. The van der Waals surface area contributed by atoms with Crippen molar-refractivity contribution in [2.45, 2.75) is 6.54 Å². The lowest BCUT2D eigenvalue weighted by Gasteiger charge is -2.05. The van der Waals surface area contributed by atoms with Gasteiger partial charge in [0.15, 0.2) is 0 Å². The van der Waals surface area contributed by atoms with Gasteiger partial charge in [-0.15, -0.1) is 0 Å². The second-order valence-electron chi connectivity index (χ2n) is 3.14. The number of hydrogen-bond acceptors (Lipinski definition) is 3. The number of hydrogen-bond donors (Lipinski definition) is 0. The first kappa shape index (κ1) is 11.1. The van der Waals surface area contributed by atoms with Crippen molar-refractivity contribution in [3.05, 3.63) is 56.9 Å². The summed E-state index contributed by atoms with van der Waals surface area (Å²) in [7, 11) is 0. The summed E-state index contributed by atoms with van der Waals surface area (Å²) in [6, 6.07) is 3.14. The van der Waals surface area contributed by atoms with E-state index in [4.69, 9.17) is 23.2 Å². The fourth-order valence-electron chi connectivity index (χ4n) is 1.27. The van der Waals surface area contributed by atoms with Crippen LogP contribution in [0.25, 0.3) is 0 Å². The predicted molar refractivity (Wildman–Crippen MR) is 61.9 cm³/mol. The van der Waals surface area contributed by atoms with Crippen LogP contribution in [-0.4, -0.2) is 14.5 Å². The Hall–Kier alpha value is -1.39. The van der Waals surface area contributed by atoms with Gasteiger partial charge >= 0.3 is 0 Å². The number of nitrogens with zero attached hydrogens (tertiary/aromatic N) is 3. The van der Waals surface area contributed by atoms with E-state index in [1.54, 1.807) is 12.3 Å². The van der Waals surface area contributed by atoms with Crippen LogP contribution < -0.4 is 5.56 Å². The van der Waals surface area contributed by atoms with E-state index in [0.717, 1.165) is 5.69 Å². The Bertz CT molecular complexity index is 554. The summed E-state index contributed by atoms with van der Waals surface area (Å²) >= 11 is 11.5. The SMILES string of the molecule is O=c1c(Cl)cc(Cl)cn1Cc1ccncn1. The van der Waals surface area contributed by atoms with Gasteiger partial charge in [0.05, 0.1) is 17.3 Å². The minimum Gasteiger partial charge on any atom is -0.307 e. The zero-order valence-electron chi connectivity index (χ0n) is 8.10. The highest BCUT2D eigenvalue weighted by molar-refractivity contribution is 6.34. The average Bonchev–Trinajstić information content (AvgIpc) is 2.27. The standard InChI is InChI=1S/C10H7Cl2N3O/c11-7-3-9(12)10(16)15(4-7)5-8-1-2-13-6-14-8/h1-4,6H,5H2. The Morgan fingerprint density at radius 2 is 2.19 bits per heavy atom. The number of aromatic nitrogens is 3. The molecular formula is C10H7Cl2N3O. The van der Waals surface area contributed by atoms with Gasteiger partial charge in [-0.25, -0.2) is 9.97 Å². The van der Waals surface area contributed by atoms with E-state index in [9.17, 15) is 4.79 Å². The zero-order chi connectivity index (χ0) is 11.5. The largest absolute Gasteiger partial charge is 0.307 e. The third kappa shape index (κ3) is 2.40. The lowest BCUT2D eigenvalue weighted by molar-refractivity contribution is 0.736. The Morgan fingerprint density at radius 1 is 1.38 bits per heavy atom. The van der Waals surface area contributed by atoms with E-state index in [1.807, 2.05) is 0 Å². The van der Waals surface area contributed by atoms with E-state index >= 15 is 0 Å². The Labute approximate surface area is 101 Å². The third-order valence-electron chi connectivity index (χ3n) is 1.98. The maximum atomic E-state index is 11.7. The second-order valence-corrected chi connectivity index (χ2v) is 3.98. The molecule has 0 fully saturated rings. The molecule has 82 valence electrons. The summed E-state index contributed by atoms with van der Waals surface area (Å²) in [6.45, 7) is 0.321. The molecule has 0 saturated heterocycles. The first-order valence-electron chi connectivity index (χ1n) is 4.47. The second kappa shape index (κ2) is 4.63. The van der Waals surface area contributed by atoms with Crippen molar-refractivity contribution < 1.29 is 0 Å². The molecule has 0 aliphatic heterocycles. The van der Waals surface area contributed by atoms with Gasteiger partial charge in [-0.05, 0) is 12.1 Å². The Balaban J connectivity index is 2.39. The van der Waals surface area contributed by atoms with E-state index in [-0.39, 0.29) is 10.6 Å². The highest BCUT2D eigenvalue weighted by atomic mass is 35.5. The van der Waals surface area contributed by atoms with Crippen LogP contribution in [0.2, 0.25) is 10.0 Å². The van der Waals surface area contributed by atoms with Gasteiger partial charge in [0.1, 0.15) is 11.3 Å². The fraction of sp³-hybridized carbons (Fsp3) is 0.100. The predicted octanol–water partition coefficient (Wildman–Crippen LogP) is 1.99. The molecule has 0 radical (unpaired) electrons. The van der Waals surface area contributed by atoms with Crippen LogP contribution in [0.15, 0.2) is 35.6 Å². The van der Waals surface area contributed by atoms with Gasteiger partial charge < -0.3 is 4.57 Å². The third-order valence-corrected chi connectivity index (χ3v) is 2.46. The summed E-state index contributed by atoms with van der Waals surface area (Å²) in [6.07, 6.45) is 4.56. The van der Waals surface area contributed by atoms with Gasteiger partial charge in [-0.1, -0.05) is 23.2 Å². The molecule has 0 aromatic carbocycles. The maximum Gasteiger partial charge on any atom is 0.269 e. The number of pyridine rings is 1. The maximum absolute atomic E-state index is 11.7. The molecule has 16 heavy (non-hydrogen) atoms. The molecule has 0 N–H and O–H groups in total. The molecule has 6 heteroatoms. The molecule has 0 amide bonds. The van der Waals surface area contributed by atoms with Crippen LogP contribution in [-0.2, 0) is 6.54 Å². The van der Waals surface area contributed by atoms with Crippen LogP contribution in [0, 0.1) is 0 Å². The lowest BCUT2D eigenvalue weighted by atomic mass is 10.4. The van der Waals surface area contributed by atoms with Crippen molar-refractivity contribution in [2.24, 2.45) is 0 Å². The van der Waals surface area contributed by atoms with Crippen LogP contribution in [0.1, 0.15) is 5.69 Å². The Kier molecular flexibility index (Phi) is 3.22. The minimum atomic E-state index is -0.287. The molecule has 0 aliphatic rings. The van der Waals surface area contributed by atoms with Crippen LogP contribution in [0.5, 0.6) is 0 Å². The lowest BCUT2D eigenvalue weighted by Crippen LogP contribution is -2.20. The van der Waals surface area contributed by atoms with Crippen LogP contribution in [0.4, 0.5) is 0 Å². The summed E-state index contributed by atoms with van der Waals surface area (Å²) in [5.41, 5.74) is 0.431. The van der Waals surface area contributed by atoms with E-state index in [1.165, 1.54) is 23.2 Å². The number of rotatable bonds is 2. The molecule has 0 unspecified atom stereocenters. The summed E-state index contributed by atoms with van der Waals surface area (Å²) in [4.78, 5) is 19.5. The molecule has 2 rings (SSSR count). The number of halogens is 2. The molecule has 0 bridgehead atoms. The van der Waals surface area contributed by atoms with Crippen LogP contribution in [0.3, 0.4) is 0 Å². The molecule has 2 aromatic rings. The van der Waals surface area contributed by atoms with Crippen molar-refractivity contribution >= 4 is 23.2 Å². The van der Waals surface area contributed by atoms with Crippen LogP contribution >= 0.6 is 23.2 Å². The Morgan fingerprint density at radius 3 is 2.88 bits per heavy atom. The monoisotopic (exact) mass is 255 g/mol. The normalized spacial score (nSPS) is 10.4. The zero-order valence-corrected chi connectivity index (χ0v) is 9.61. The van der Waals surface area contributed by atoms with Gasteiger partial charge in [-0.2, -0.15) is 0 Å². The van der Waals surface area contributed by atoms with E-state index in [2.05, 4.69) is 9.97 Å². The van der Waals surface area contributed by atoms with Gasteiger partial charge in [0.2, 0.25) is 0 Å². The van der Waals surface area contributed by atoms with Crippen molar-refractivity contribution in [2.75, 3.05) is 0 Å². The van der Waals surface area contributed by atoms with Crippen molar-refractivity contribution in [1.29, 1.82) is 0 Å². The topological polar surface area (TPSA) is 47.8 Å². The smallest absolute Gasteiger partial charge is 0.269 e. The van der Waals surface area contributed by atoms with Gasteiger partial charge in [-0.3, -0.25) is 4.79 Å². The van der Waals surface area contributed by atoms with Crippen molar-refractivity contribution in [1.82, 2.24) is 14.5 Å². The van der Waals surface area contributed by atoms with E-state index in [0.29, 0.717) is 11.6 Å². The molecule has 0 aliphatic carbocycles. The molecular weight excluding hydrogens is 249 g/mol. The minimum absolute atomic E-state index is 0.0987. The highest BCUT2D eigenvalue weighted by Crippen LogP contribution is 2.11. The van der Waals surface area contributed by atoms with Gasteiger partial charge in [0.25, 0.3) is 5.56 Å². The molecule has 2 heterocycles. The fourth-order valence-corrected chi connectivity index (χ4v) is 1.78. The summed E-state index contributed by atoms with van der Waals surface area (Å²) in [5.74, 6) is 0. The molecule has 0 saturated carbocycles. The average molecular weight is 256 g/mol. The van der Waals surface area contributed by atoms with Crippen molar-refractivity contribution in [3.63, 3.8) is 0 Å². The molecule has 0 atom stereocenters.